The average molecular weight is 214 g/mol. The highest BCUT2D eigenvalue weighted by Gasteiger charge is 2.27. The van der Waals surface area contributed by atoms with E-state index in [1.807, 2.05) is 0 Å². The number of likely N-dealkylation sites (tertiary alicyclic amines) is 1. The predicted molar refractivity (Wildman–Crippen MR) is 54.4 cm³/mol. The molecule has 0 spiro atoms. The summed E-state index contributed by atoms with van der Waals surface area (Å²) < 4.78 is 5.46. The van der Waals surface area contributed by atoms with Gasteiger partial charge in [-0.05, 0) is 6.42 Å². The Bertz CT molecular complexity index is 229. The molecule has 0 aliphatic carbocycles. The van der Waals surface area contributed by atoms with Crippen molar-refractivity contribution in [1.82, 2.24) is 10.2 Å². The van der Waals surface area contributed by atoms with Gasteiger partial charge >= 0.3 is 0 Å². The molecule has 15 heavy (non-hydrogen) atoms. The maximum atomic E-state index is 11.8. The van der Waals surface area contributed by atoms with E-state index >= 15 is 0 Å². The van der Waals surface area contributed by atoms with E-state index in [2.05, 4.69) is 5.32 Å². The number of nitrogens with one attached hydrogen (secondary N) is 1. The molecule has 0 bridgehead atoms. The third-order valence-electron chi connectivity index (χ3n) is 2.92. The zero-order valence-corrected chi connectivity index (χ0v) is 8.82. The van der Waals surface area contributed by atoms with E-state index in [0.717, 1.165) is 13.1 Å². The second-order valence-corrected chi connectivity index (χ2v) is 4.18. The highest BCUT2D eigenvalue weighted by atomic mass is 16.5. The number of morpholine rings is 1. The van der Waals surface area contributed by atoms with E-state index in [4.69, 9.17) is 4.74 Å². The Balaban J connectivity index is 1.76. The minimum absolute atomic E-state index is 0.00370. The lowest BCUT2D eigenvalue weighted by Crippen LogP contribution is -2.42. The lowest BCUT2D eigenvalue weighted by molar-refractivity contribution is -0.134. The van der Waals surface area contributed by atoms with Gasteiger partial charge in [0, 0.05) is 26.2 Å². The van der Waals surface area contributed by atoms with Crippen molar-refractivity contribution in [2.24, 2.45) is 0 Å². The number of ether oxygens (including phenoxy) is 1. The van der Waals surface area contributed by atoms with Gasteiger partial charge in [0.05, 0.1) is 25.2 Å². The first-order valence-electron chi connectivity index (χ1n) is 5.54. The van der Waals surface area contributed by atoms with E-state index in [9.17, 15) is 9.90 Å². The normalized spacial score (nSPS) is 31.9. The SMILES string of the molecule is O=C(CC1CNCCO1)N1CC[C@H](O)C1. The molecule has 1 amide bonds. The molecule has 2 aliphatic rings. The zero-order valence-electron chi connectivity index (χ0n) is 8.82. The number of amides is 1. The van der Waals surface area contributed by atoms with Crippen LogP contribution in [0.25, 0.3) is 0 Å². The van der Waals surface area contributed by atoms with Crippen molar-refractivity contribution in [2.45, 2.75) is 25.0 Å². The van der Waals surface area contributed by atoms with Crippen molar-refractivity contribution in [2.75, 3.05) is 32.8 Å². The van der Waals surface area contributed by atoms with E-state index in [-0.39, 0.29) is 18.1 Å². The highest BCUT2D eigenvalue weighted by Crippen LogP contribution is 2.12. The largest absolute Gasteiger partial charge is 0.391 e. The molecule has 2 aliphatic heterocycles. The third kappa shape index (κ3) is 2.90. The number of carbonyl (C=O) groups is 1. The Hall–Kier alpha value is -0.650. The molecule has 2 saturated heterocycles. The first-order chi connectivity index (χ1) is 7.25. The van der Waals surface area contributed by atoms with Crippen LogP contribution in [-0.2, 0) is 9.53 Å². The summed E-state index contributed by atoms with van der Waals surface area (Å²) in [5.74, 6) is 0.0975. The van der Waals surface area contributed by atoms with Crippen molar-refractivity contribution in [3.05, 3.63) is 0 Å². The van der Waals surface area contributed by atoms with Gasteiger partial charge in [-0.2, -0.15) is 0 Å². The van der Waals surface area contributed by atoms with Gasteiger partial charge in [0.15, 0.2) is 0 Å². The van der Waals surface area contributed by atoms with Gasteiger partial charge in [-0.3, -0.25) is 4.79 Å². The Morgan fingerprint density at radius 2 is 2.47 bits per heavy atom. The van der Waals surface area contributed by atoms with E-state index in [1.54, 1.807) is 4.90 Å². The number of aliphatic hydroxyl groups is 1. The van der Waals surface area contributed by atoms with Gasteiger partial charge in [-0.15, -0.1) is 0 Å². The summed E-state index contributed by atoms with van der Waals surface area (Å²) >= 11 is 0. The predicted octanol–water partition coefficient (Wildman–Crippen LogP) is -1.04. The average Bonchev–Trinajstić information content (AvgIpc) is 2.66. The Labute approximate surface area is 89.4 Å². The van der Waals surface area contributed by atoms with E-state index < -0.39 is 0 Å². The molecule has 0 aromatic rings. The molecule has 86 valence electrons. The maximum Gasteiger partial charge on any atom is 0.225 e. The topological polar surface area (TPSA) is 61.8 Å². The van der Waals surface area contributed by atoms with Crippen LogP contribution in [0.15, 0.2) is 0 Å². The molecule has 1 unspecified atom stereocenters. The van der Waals surface area contributed by atoms with Gasteiger partial charge < -0.3 is 20.1 Å². The Morgan fingerprint density at radius 1 is 1.60 bits per heavy atom. The van der Waals surface area contributed by atoms with Gasteiger partial charge in [0.25, 0.3) is 0 Å². The highest BCUT2D eigenvalue weighted by molar-refractivity contribution is 5.77. The zero-order chi connectivity index (χ0) is 10.7. The molecule has 2 N–H and O–H groups in total. The van der Waals surface area contributed by atoms with Crippen LogP contribution in [-0.4, -0.2) is 60.9 Å². The fraction of sp³-hybridized carbons (Fsp3) is 0.900. The molecular formula is C10H18N2O3. The lowest BCUT2D eigenvalue weighted by Gasteiger charge is -2.25. The summed E-state index contributed by atoms with van der Waals surface area (Å²) in [6, 6.07) is 0. The minimum atomic E-state index is -0.334. The van der Waals surface area contributed by atoms with Gasteiger partial charge in [-0.25, -0.2) is 0 Å². The molecule has 0 radical (unpaired) electrons. The van der Waals surface area contributed by atoms with Crippen LogP contribution in [0.4, 0.5) is 0 Å². The monoisotopic (exact) mass is 214 g/mol. The van der Waals surface area contributed by atoms with Gasteiger partial charge in [0.1, 0.15) is 0 Å². The van der Waals surface area contributed by atoms with Gasteiger partial charge in [-0.1, -0.05) is 0 Å². The lowest BCUT2D eigenvalue weighted by atomic mass is 10.2. The number of rotatable bonds is 2. The van der Waals surface area contributed by atoms with Crippen molar-refractivity contribution in [3.8, 4) is 0 Å². The van der Waals surface area contributed by atoms with Gasteiger partial charge in [0.2, 0.25) is 5.91 Å². The summed E-state index contributed by atoms with van der Waals surface area (Å²) in [6.45, 7) is 3.47. The maximum absolute atomic E-state index is 11.8. The fourth-order valence-corrected chi connectivity index (χ4v) is 2.04. The second-order valence-electron chi connectivity index (χ2n) is 4.18. The molecule has 2 heterocycles. The molecule has 5 nitrogen and oxygen atoms in total. The molecule has 2 fully saturated rings. The van der Waals surface area contributed by atoms with Crippen molar-refractivity contribution >= 4 is 5.91 Å². The number of hydrogen-bond donors (Lipinski definition) is 2. The smallest absolute Gasteiger partial charge is 0.225 e. The van der Waals surface area contributed by atoms with Crippen LogP contribution in [0.2, 0.25) is 0 Å². The fourth-order valence-electron chi connectivity index (χ4n) is 2.04. The number of β-amino-alcohol motifs (C(OH)–C–C–N with tert-alkyl or cyclic N) is 1. The molecule has 5 heteroatoms. The Morgan fingerprint density at radius 3 is 3.07 bits per heavy atom. The summed E-state index contributed by atoms with van der Waals surface area (Å²) in [6.07, 6.45) is 0.804. The number of nitrogens with zero attached hydrogens (tertiary/aromatic N) is 1. The van der Waals surface area contributed by atoms with E-state index in [1.165, 1.54) is 0 Å². The number of carbonyl (C=O) groups excluding carboxylic acids is 1. The quantitative estimate of drug-likeness (QED) is 0.616. The van der Waals surface area contributed by atoms with Crippen LogP contribution in [0.1, 0.15) is 12.8 Å². The first-order valence-corrected chi connectivity index (χ1v) is 5.54. The van der Waals surface area contributed by atoms with E-state index in [0.29, 0.717) is 32.5 Å². The van der Waals surface area contributed by atoms with Crippen LogP contribution < -0.4 is 5.32 Å². The first kappa shape index (κ1) is 10.9. The molecule has 0 aromatic heterocycles. The summed E-state index contributed by atoms with van der Waals surface area (Å²) in [5.41, 5.74) is 0. The standard InChI is InChI=1S/C10H18N2O3/c13-8-1-3-12(7-8)10(14)5-9-6-11-2-4-15-9/h8-9,11,13H,1-7H2/t8-,9?/m0/s1. The molecule has 2 atom stereocenters. The van der Waals surface area contributed by atoms with Crippen LogP contribution in [0.5, 0.6) is 0 Å². The minimum Gasteiger partial charge on any atom is -0.391 e. The van der Waals surface area contributed by atoms with Crippen LogP contribution in [0, 0.1) is 0 Å². The second kappa shape index (κ2) is 4.92. The Kier molecular flexibility index (Phi) is 3.56. The molecule has 0 aromatic carbocycles. The molecule has 0 saturated carbocycles. The van der Waals surface area contributed by atoms with Crippen LogP contribution in [0.3, 0.4) is 0 Å². The number of aliphatic hydroxyl groups excluding tert-OH is 1. The molecular weight excluding hydrogens is 196 g/mol. The van der Waals surface area contributed by atoms with Crippen molar-refractivity contribution < 1.29 is 14.6 Å². The summed E-state index contributed by atoms with van der Waals surface area (Å²) in [4.78, 5) is 13.5. The van der Waals surface area contributed by atoms with Crippen molar-refractivity contribution in [1.29, 1.82) is 0 Å². The summed E-state index contributed by atoms with van der Waals surface area (Å²) in [5, 5.41) is 12.5. The number of hydrogen-bond acceptors (Lipinski definition) is 4. The molecule has 2 rings (SSSR count). The van der Waals surface area contributed by atoms with Crippen LogP contribution >= 0.6 is 0 Å². The third-order valence-corrected chi connectivity index (χ3v) is 2.92. The van der Waals surface area contributed by atoms with Crippen molar-refractivity contribution in [3.63, 3.8) is 0 Å². The summed E-state index contributed by atoms with van der Waals surface area (Å²) in [7, 11) is 0.